The highest BCUT2D eigenvalue weighted by atomic mass is 32.2. The Kier molecular flexibility index (Phi) is 9.61. The largest absolute Gasteiger partial charge is 0.357 e. The summed E-state index contributed by atoms with van der Waals surface area (Å²) in [6.07, 6.45) is 7.47. The van der Waals surface area contributed by atoms with Crippen LogP contribution in [0.4, 0.5) is 0 Å². The van der Waals surface area contributed by atoms with Crippen molar-refractivity contribution in [1.29, 1.82) is 0 Å². The number of piperidine rings is 1. The van der Waals surface area contributed by atoms with Crippen LogP contribution in [0.5, 0.6) is 0 Å². The number of guanidine groups is 1. The summed E-state index contributed by atoms with van der Waals surface area (Å²) in [5.41, 5.74) is 2.49. The Bertz CT molecular complexity index is 785. The second-order valence-electron chi connectivity index (χ2n) is 8.74. The fourth-order valence-electron chi connectivity index (χ4n) is 3.96. The van der Waals surface area contributed by atoms with Crippen LogP contribution in [-0.4, -0.2) is 57.8 Å². The van der Waals surface area contributed by atoms with Crippen molar-refractivity contribution < 1.29 is 8.42 Å². The number of benzene rings is 1. The van der Waals surface area contributed by atoms with Gasteiger partial charge in [-0.2, -0.15) is 0 Å². The SMILES string of the molecule is CCNC(=NCc1ccc(CN2CCCCC2)cc1)NCCS(=O)(=O)NCC1CCC1. The minimum atomic E-state index is -3.25. The topological polar surface area (TPSA) is 85.8 Å². The molecule has 0 atom stereocenters. The molecule has 0 amide bonds. The first-order valence-electron chi connectivity index (χ1n) is 11.8. The van der Waals surface area contributed by atoms with E-state index < -0.39 is 10.0 Å². The first-order valence-corrected chi connectivity index (χ1v) is 13.5. The van der Waals surface area contributed by atoms with E-state index in [1.807, 2.05) is 6.92 Å². The molecular weight excluding hydrogens is 410 g/mol. The summed E-state index contributed by atoms with van der Waals surface area (Å²) in [6, 6.07) is 8.67. The number of hydrogen-bond donors (Lipinski definition) is 3. The normalized spacial score (nSPS) is 18.5. The van der Waals surface area contributed by atoms with Crippen LogP contribution in [0.1, 0.15) is 56.6 Å². The third kappa shape index (κ3) is 8.79. The zero-order valence-corrected chi connectivity index (χ0v) is 19.7. The van der Waals surface area contributed by atoms with Crippen molar-refractivity contribution in [3.05, 3.63) is 35.4 Å². The van der Waals surface area contributed by atoms with Gasteiger partial charge in [-0.3, -0.25) is 4.90 Å². The van der Waals surface area contributed by atoms with E-state index in [9.17, 15) is 8.42 Å². The molecule has 3 rings (SSSR count). The highest BCUT2D eigenvalue weighted by Gasteiger charge is 2.20. The lowest BCUT2D eigenvalue weighted by Crippen LogP contribution is -2.42. The third-order valence-corrected chi connectivity index (χ3v) is 7.47. The van der Waals surface area contributed by atoms with Gasteiger partial charge in [0.2, 0.25) is 10.0 Å². The highest BCUT2D eigenvalue weighted by molar-refractivity contribution is 7.89. The van der Waals surface area contributed by atoms with Crippen molar-refractivity contribution in [1.82, 2.24) is 20.3 Å². The Morgan fingerprint density at radius 1 is 1.03 bits per heavy atom. The molecular formula is C23H39N5O2S. The van der Waals surface area contributed by atoms with Gasteiger partial charge in [-0.05, 0) is 62.7 Å². The average molecular weight is 450 g/mol. The zero-order chi connectivity index (χ0) is 21.9. The van der Waals surface area contributed by atoms with E-state index in [2.05, 4.69) is 49.5 Å². The summed E-state index contributed by atoms with van der Waals surface area (Å²) in [6.45, 7) is 7.63. The van der Waals surface area contributed by atoms with Gasteiger partial charge < -0.3 is 10.6 Å². The lowest BCUT2D eigenvalue weighted by molar-refractivity contribution is 0.221. The van der Waals surface area contributed by atoms with Crippen LogP contribution < -0.4 is 15.4 Å². The molecule has 31 heavy (non-hydrogen) atoms. The summed E-state index contributed by atoms with van der Waals surface area (Å²) >= 11 is 0. The molecule has 1 aliphatic heterocycles. The molecule has 1 saturated carbocycles. The van der Waals surface area contributed by atoms with E-state index in [-0.39, 0.29) is 5.75 Å². The maximum Gasteiger partial charge on any atom is 0.213 e. The van der Waals surface area contributed by atoms with E-state index in [1.165, 1.54) is 44.3 Å². The van der Waals surface area contributed by atoms with Crippen molar-refractivity contribution in [2.75, 3.05) is 38.5 Å². The van der Waals surface area contributed by atoms with Gasteiger partial charge in [-0.25, -0.2) is 18.1 Å². The minimum Gasteiger partial charge on any atom is -0.357 e. The predicted molar refractivity (Wildman–Crippen MR) is 128 cm³/mol. The number of rotatable bonds is 11. The van der Waals surface area contributed by atoms with Gasteiger partial charge >= 0.3 is 0 Å². The fraction of sp³-hybridized carbons (Fsp3) is 0.696. The lowest BCUT2D eigenvalue weighted by atomic mass is 9.86. The highest BCUT2D eigenvalue weighted by Crippen LogP contribution is 2.25. The average Bonchev–Trinajstić information content (AvgIpc) is 2.72. The smallest absolute Gasteiger partial charge is 0.213 e. The Hall–Kier alpha value is -1.64. The molecule has 0 unspecified atom stereocenters. The maximum absolute atomic E-state index is 12.2. The number of hydrogen-bond acceptors (Lipinski definition) is 4. The molecule has 0 spiro atoms. The maximum atomic E-state index is 12.2. The quantitative estimate of drug-likeness (QED) is 0.357. The second-order valence-corrected chi connectivity index (χ2v) is 10.7. The molecule has 1 aromatic rings. The molecule has 1 heterocycles. The predicted octanol–water partition coefficient (Wildman–Crippen LogP) is 2.45. The number of sulfonamides is 1. The van der Waals surface area contributed by atoms with Crippen molar-refractivity contribution in [2.24, 2.45) is 10.9 Å². The summed E-state index contributed by atoms with van der Waals surface area (Å²) in [7, 11) is -3.25. The molecule has 2 aliphatic rings. The molecule has 0 aromatic heterocycles. The molecule has 0 radical (unpaired) electrons. The van der Waals surface area contributed by atoms with Crippen LogP contribution in [0.15, 0.2) is 29.3 Å². The third-order valence-electron chi connectivity index (χ3n) is 6.12. The molecule has 0 bridgehead atoms. The lowest BCUT2D eigenvalue weighted by Gasteiger charge is -2.26. The Labute approximate surface area is 188 Å². The Morgan fingerprint density at radius 3 is 2.39 bits per heavy atom. The fourth-order valence-corrected chi connectivity index (χ4v) is 4.96. The van der Waals surface area contributed by atoms with Gasteiger partial charge in [0.05, 0.1) is 12.3 Å². The van der Waals surface area contributed by atoms with Crippen LogP contribution in [0, 0.1) is 5.92 Å². The molecule has 1 saturated heterocycles. The summed E-state index contributed by atoms with van der Waals surface area (Å²) < 4.78 is 27.0. The molecule has 1 aromatic carbocycles. The minimum absolute atomic E-state index is 0.0509. The van der Waals surface area contributed by atoms with Gasteiger partial charge in [-0.15, -0.1) is 0 Å². The molecule has 174 valence electrons. The molecule has 2 fully saturated rings. The van der Waals surface area contributed by atoms with Crippen LogP contribution in [0.3, 0.4) is 0 Å². The van der Waals surface area contributed by atoms with Crippen molar-refractivity contribution >= 4 is 16.0 Å². The van der Waals surface area contributed by atoms with Crippen LogP contribution in [-0.2, 0) is 23.1 Å². The monoisotopic (exact) mass is 449 g/mol. The summed E-state index contributed by atoms with van der Waals surface area (Å²) in [5.74, 6) is 1.22. The molecule has 1 aliphatic carbocycles. The van der Waals surface area contributed by atoms with Crippen LogP contribution >= 0.6 is 0 Å². The van der Waals surface area contributed by atoms with Gasteiger partial charge in [0, 0.05) is 26.2 Å². The number of nitrogens with zero attached hydrogens (tertiary/aromatic N) is 2. The first kappa shape index (κ1) is 24.0. The molecule has 8 heteroatoms. The van der Waals surface area contributed by atoms with Crippen LogP contribution in [0.25, 0.3) is 0 Å². The zero-order valence-electron chi connectivity index (χ0n) is 18.9. The van der Waals surface area contributed by atoms with Crippen LogP contribution in [0.2, 0.25) is 0 Å². The first-order chi connectivity index (χ1) is 15.0. The van der Waals surface area contributed by atoms with Crippen molar-refractivity contribution in [2.45, 2.75) is 58.5 Å². The van der Waals surface area contributed by atoms with Crippen molar-refractivity contribution in [3.8, 4) is 0 Å². The molecule has 7 nitrogen and oxygen atoms in total. The second kappa shape index (κ2) is 12.4. The Balaban J connectivity index is 1.42. The number of nitrogens with one attached hydrogen (secondary N) is 3. The summed E-state index contributed by atoms with van der Waals surface area (Å²) in [4.78, 5) is 7.14. The van der Waals surface area contributed by atoms with Gasteiger partial charge in [0.15, 0.2) is 5.96 Å². The van der Waals surface area contributed by atoms with E-state index in [4.69, 9.17) is 0 Å². The van der Waals surface area contributed by atoms with Crippen molar-refractivity contribution in [3.63, 3.8) is 0 Å². The van der Waals surface area contributed by atoms with E-state index in [1.54, 1.807) is 0 Å². The molecule has 3 N–H and O–H groups in total. The Morgan fingerprint density at radius 2 is 1.74 bits per heavy atom. The number of aliphatic imine (C=N–C) groups is 1. The summed E-state index contributed by atoms with van der Waals surface area (Å²) in [5, 5.41) is 6.33. The number of likely N-dealkylation sites (tertiary alicyclic amines) is 1. The van der Waals surface area contributed by atoms with Gasteiger partial charge in [-0.1, -0.05) is 37.1 Å². The van der Waals surface area contributed by atoms with E-state index in [0.29, 0.717) is 31.5 Å². The van der Waals surface area contributed by atoms with Gasteiger partial charge in [0.25, 0.3) is 0 Å². The van der Waals surface area contributed by atoms with E-state index >= 15 is 0 Å². The standard InChI is InChI=1S/C23H39N5O2S/c1-2-24-23(25-13-16-31(29,30)27-18-20-7-6-8-20)26-17-21-9-11-22(12-10-21)19-28-14-4-3-5-15-28/h9-12,20,27H,2-8,13-19H2,1H3,(H2,24,25,26). The van der Waals surface area contributed by atoms with E-state index in [0.717, 1.165) is 31.5 Å². The van der Waals surface area contributed by atoms with Gasteiger partial charge in [0.1, 0.15) is 0 Å².